The number of nitrogens with zero attached hydrogens (tertiary/aromatic N) is 1. The maximum atomic E-state index is 4.19. The Kier molecular flexibility index (Phi) is 2.29. The smallest absolute Gasteiger partial charge is 0.0342 e. The lowest BCUT2D eigenvalue weighted by molar-refractivity contribution is 0.251. The van der Waals surface area contributed by atoms with Crippen molar-refractivity contribution < 1.29 is 0 Å². The molecule has 1 saturated heterocycles. The van der Waals surface area contributed by atoms with Gasteiger partial charge in [-0.2, -0.15) is 0 Å². The highest BCUT2D eigenvalue weighted by atomic mass is 15.0. The summed E-state index contributed by atoms with van der Waals surface area (Å²) in [6, 6.07) is 5.70. The van der Waals surface area contributed by atoms with Gasteiger partial charge in [0.2, 0.25) is 0 Å². The van der Waals surface area contributed by atoms with Gasteiger partial charge in [-0.25, -0.2) is 0 Å². The lowest BCUT2D eigenvalue weighted by atomic mass is 9.84. The molecule has 0 saturated carbocycles. The molecule has 2 atom stereocenters. The Morgan fingerprint density at radius 2 is 2.27 bits per heavy atom. The Bertz CT molecular complexity index is 363. The van der Waals surface area contributed by atoms with Crippen molar-refractivity contribution in [2.24, 2.45) is 0 Å². The molecule has 1 aromatic heterocycles. The fourth-order valence-electron chi connectivity index (χ4n) is 2.55. The van der Waals surface area contributed by atoms with Gasteiger partial charge in [-0.15, -0.1) is 0 Å². The zero-order valence-electron chi connectivity index (χ0n) is 8.82. The van der Waals surface area contributed by atoms with Gasteiger partial charge < -0.3 is 5.32 Å². The van der Waals surface area contributed by atoms with Crippen LogP contribution in [-0.2, 0) is 0 Å². The lowest BCUT2D eigenvalue weighted by Crippen LogP contribution is -2.52. The summed E-state index contributed by atoms with van der Waals surface area (Å²) in [6.07, 6.45) is 11.2. The normalized spacial score (nSPS) is 29.7. The first-order valence-electron chi connectivity index (χ1n) is 5.77. The average Bonchev–Trinajstić information content (AvgIpc) is 2.15. The van der Waals surface area contributed by atoms with Crippen LogP contribution in [0.25, 0.3) is 5.57 Å². The first-order valence-corrected chi connectivity index (χ1v) is 5.77. The molecule has 1 aliphatic carbocycles. The van der Waals surface area contributed by atoms with E-state index in [-0.39, 0.29) is 0 Å². The molecule has 2 bridgehead atoms. The van der Waals surface area contributed by atoms with Gasteiger partial charge in [0.05, 0.1) is 0 Å². The van der Waals surface area contributed by atoms with Crippen LogP contribution in [0.1, 0.15) is 31.2 Å². The quantitative estimate of drug-likeness (QED) is 0.753. The van der Waals surface area contributed by atoms with Crippen molar-refractivity contribution in [2.75, 3.05) is 0 Å². The zero-order valence-corrected chi connectivity index (χ0v) is 8.82. The third kappa shape index (κ3) is 1.82. The highest BCUT2D eigenvalue weighted by molar-refractivity contribution is 5.65. The van der Waals surface area contributed by atoms with Crippen molar-refractivity contribution in [1.82, 2.24) is 10.3 Å². The number of nitrogens with one attached hydrogen (secondary N) is 1. The predicted molar refractivity (Wildman–Crippen MR) is 61.4 cm³/mol. The molecule has 15 heavy (non-hydrogen) atoms. The predicted octanol–water partition coefficient (Wildman–Crippen LogP) is 2.38. The molecule has 1 aromatic rings. The topological polar surface area (TPSA) is 24.9 Å². The van der Waals surface area contributed by atoms with Gasteiger partial charge in [-0.05, 0) is 42.9 Å². The third-order valence-electron chi connectivity index (χ3n) is 3.48. The molecule has 0 spiro atoms. The van der Waals surface area contributed by atoms with Crippen LogP contribution >= 0.6 is 0 Å². The Morgan fingerprint density at radius 3 is 3.07 bits per heavy atom. The fourth-order valence-corrected chi connectivity index (χ4v) is 2.55. The summed E-state index contributed by atoms with van der Waals surface area (Å²) in [5, 5.41) is 3.59. The number of hydrogen-bond donors (Lipinski definition) is 1. The second kappa shape index (κ2) is 3.78. The molecule has 0 radical (unpaired) electrons. The van der Waals surface area contributed by atoms with Crippen LogP contribution in [0.4, 0.5) is 0 Å². The third-order valence-corrected chi connectivity index (χ3v) is 3.48. The minimum absolute atomic E-state index is 0.738. The van der Waals surface area contributed by atoms with Crippen molar-refractivity contribution in [3.8, 4) is 0 Å². The van der Waals surface area contributed by atoms with Crippen molar-refractivity contribution >= 4 is 5.57 Å². The molecular weight excluding hydrogens is 184 g/mol. The van der Waals surface area contributed by atoms with Gasteiger partial charge in [0.1, 0.15) is 0 Å². The first-order chi connectivity index (χ1) is 7.42. The number of fused-ring (bicyclic) bond motifs is 3. The minimum Gasteiger partial charge on any atom is -0.311 e. The molecule has 2 unspecified atom stereocenters. The Balaban J connectivity index is 1.83. The summed E-state index contributed by atoms with van der Waals surface area (Å²) in [5.41, 5.74) is 2.79. The standard InChI is InChI=1S/C13H16N2/c1-2-11(9-14-7-1)10-3-5-12-8-13(15-12)6-4-10/h1-3,7,9,12-13,15H,4-6,8H2. The van der Waals surface area contributed by atoms with Crippen molar-refractivity contribution in [3.63, 3.8) is 0 Å². The number of rotatable bonds is 1. The van der Waals surface area contributed by atoms with Crippen LogP contribution in [0.2, 0.25) is 0 Å². The van der Waals surface area contributed by atoms with E-state index >= 15 is 0 Å². The highest BCUT2D eigenvalue weighted by Crippen LogP contribution is 2.29. The molecule has 4 rings (SSSR count). The van der Waals surface area contributed by atoms with Crippen LogP contribution in [0.3, 0.4) is 0 Å². The molecule has 2 heteroatoms. The highest BCUT2D eigenvalue weighted by Gasteiger charge is 2.28. The van der Waals surface area contributed by atoms with E-state index in [9.17, 15) is 0 Å². The average molecular weight is 200 g/mol. The van der Waals surface area contributed by atoms with E-state index in [0.717, 1.165) is 12.1 Å². The minimum atomic E-state index is 0.738. The van der Waals surface area contributed by atoms with Gasteiger partial charge in [0.25, 0.3) is 0 Å². The van der Waals surface area contributed by atoms with E-state index in [1.165, 1.54) is 36.8 Å². The molecule has 2 aliphatic heterocycles. The molecule has 78 valence electrons. The van der Waals surface area contributed by atoms with Crippen molar-refractivity contribution in [2.45, 2.75) is 37.8 Å². The Labute approximate surface area is 90.4 Å². The van der Waals surface area contributed by atoms with Crippen LogP contribution in [-0.4, -0.2) is 17.1 Å². The monoisotopic (exact) mass is 200 g/mol. The van der Waals surface area contributed by atoms with Gasteiger partial charge in [0, 0.05) is 24.5 Å². The molecule has 0 amide bonds. The second-order valence-electron chi connectivity index (χ2n) is 4.54. The maximum absolute atomic E-state index is 4.19. The van der Waals surface area contributed by atoms with Gasteiger partial charge in [0.15, 0.2) is 0 Å². The van der Waals surface area contributed by atoms with Crippen molar-refractivity contribution in [1.29, 1.82) is 0 Å². The van der Waals surface area contributed by atoms with Crippen molar-refractivity contribution in [3.05, 3.63) is 36.2 Å². The summed E-state index contributed by atoms with van der Waals surface area (Å²) >= 11 is 0. The molecule has 3 heterocycles. The summed E-state index contributed by atoms with van der Waals surface area (Å²) in [7, 11) is 0. The second-order valence-corrected chi connectivity index (χ2v) is 4.54. The van der Waals surface area contributed by atoms with Gasteiger partial charge in [-0.1, -0.05) is 12.1 Å². The summed E-state index contributed by atoms with van der Waals surface area (Å²) < 4.78 is 0. The first kappa shape index (κ1) is 9.10. The maximum Gasteiger partial charge on any atom is 0.0342 e. The number of aromatic nitrogens is 1. The van der Waals surface area contributed by atoms with Crippen LogP contribution in [0.5, 0.6) is 0 Å². The molecule has 2 nitrogen and oxygen atoms in total. The summed E-state index contributed by atoms with van der Waals surface area (Å²) in [5.74, 6) is 0. The van der Waals surface area contributed by atoms with E-state index in [4.69, 9.17) is 0 Å². The Hall–Kier alpha value is -1.15. The van der Waals surface area contributed by atoms with Crippen LogP contribution in [0, 0.1) is 0 Å². The van der Waals surface area contributed by atoms with E-state index in [1.807, 2.05) is 18.5 Å². The fraction of sp³-hybridized carbons (Fsp3) is 0.462. The van der Waals surface area contributed by atoms with Gasteiger partial charge >= 0.3 is 0 Å². The molecule has 3 aliphatic rings. The molecule has 1 fully saturated rings. The summed E-state index contributed by atoms with van der Waals surface area (Å²) in [6.45, 7) is 0. The van der Waals surface area contributed by atoms with Gasteiger partial charge in [-0.3, -0.25) is 4.98 Å². The zero-order chi connectivity index (χ0) is 10.1. The number of allylic oxidation sites excluding steroid dienone is 1. The largest absolute Gasteiger partial charge is 0.311 e. The number of pyridine rings is 1. The molecule has 1 N–H and O–H groups in total. The SMILES string of the molecule is C1=C(c2cccnc2)CCC2CC(C1)N2. The molecular formula is C13H16N2. The summed E-state index contributed by atoms with van der Waals surface area (Å²) in [4.78, 5) is 4.19. The lowest BCUT2D eigenvalue weighted by Gasteiger charge is -2.39. The van der Waals surface area contributed by atoms with Crippen LogP contribution < -0.4 is 5.32 Å². The molecule has 0 aromatic carbocycles. The van der Waals surface area contributed by atoms with E-state index < -0.39 is 0 Å². The number of hydrogen-bond acceptors (Lipinski definition) is 2. The van der Waals surface area contributed by atoms with E-state index in [0.29, 0.717) is 0 Å². The van der Waals surface area contributed by atoms with Crippen LogP contribution in [0.15, 0.2) is 30.6 Å². The van der Waals surface area contributed by atoms with E-state index in [2.05, 4.69) is 22.4 Å². The van der Waals surface area contributed by atoms with E-state index in [1.54, 1.807) is 0 Å². The Morgan fingerprint density at radius 1 is 1.33 bits per heavy atom.